The number of para-hydroxylation sites is 1. The van der Waals surface area contributed by atoms with Crippen LogP contribution in [0, 0.1) is 6.92 Å². The Morgan fingerprint density at radius 1 is 1.00 bits per heavy atom. The Labute approximate surface area is 152 Å². The summed E-state index contributed by atoms with van der Waals surface area (Å²) in [6.07, 6.45) is 1.66. The summed E-state index contributed by atoms with van der Waals surface area (Å²) in [4.78, 5) is 21.2. The van der Waals surface area contributed by atoms with Crippen LogP contribution in [-0.2, 0) is 6.54 Å². The van der Waals surface area contributed by atoms with Crippen LogP contribution in [0.3, 0.4) is 0 Å². The van der Waals surface area contributed by atoms with Gasteiger partial charge in [0.2, 0.25) is 0 Å². The molecule has 1 aliphatic heterocycles. The number of pyridine rings is 1. The Morgan fingerprint density at radius 2 is 1.81 bits per heavy atom. The summed E-state index contributed by atoms with van der Waals surface area (Å²) in [6, 6.07) is 13.8. The average Bonchev–Trinajstić information content (AvgIpc) is 2.67. The molecule has 0 N–H and O–H groups in total. The van der Waals surface area contributed by atoms with Crippen molar-refractivity contribution in [3.63, 3.8) is 0 Å². The van der Waals surface area contributed by atoms with Crippen LogP contribution in [0.5, 0.6) is 0 Å². The quantitative estimate of drug-likeness (QED) is 0.720. The maximum absolute atomic E-state index is 11.8. The number of aryl methyl sites for hydroxylation is 1. The third kappa shape index (κ3) is 3.46. The fraction of sp³-hybridized carbons (Fsp3) is 0.350. The first kappa shape index (κ1) is 16.7. The van der Waals surface area contributed by atoms with E-state index >= 15 is 0 Å². The third-order valence-corrected chi connectivity index (χ3v) is 4.95. The van der Waals surface area contributed by atoms with E-state index in [-0.39, 0.29) is 5.56 Å². The molecular weight excluding hydrogens is 326 g/mol. The fourth-order valence-corrected chi connectivity index (χ4v) is 3.55. The number of hydrogen-bond donors (Lipinski definition) is 0. The van der Waals surface area contributed by atoms with Crippen molar-refractivity contribution < 1.29 is 0 Å². The zero-order valence-electron chi connectivity index (χ0n) is 15.0. The molecular formula is C20H23N5O. The summed E-state index contributed by atoms with van der Waals surface area (Å²) in [5, 5.41) is 5.34. The van der Waals surface area contributed by atoms with E-state index in [1.165, 1.54) is 15.8 Å². The van der Waals surface area contributed by atoms with E-state index in [9.17, 15) is 4.79 Å². The second-order valence-electron chi connectivity index (χ2n) is 6.71. The van der Waals surface area contributed by atoms with Gasteiger partial charge in [-0.3, -0.25) is 14.7 Å². The van der Waals surface area contributed by atoms with Crippen molar-refractivity contribution in [1.82, 2.24) is 19.7 Å². The molecule has 3 heterocycles. The molecule has 6 nitrogen and oxygen atoms in total. The molecule has 0 spiro atoms. The number of nitrogens with zero attached hydrogens (tertiary/aromatic N) is 5. The fourth-order valence-electron chi connectivity index (χ4n) is 3.55. The Kier molecular flexibility index (Phi) is 4.67. The first-order valence-corrected chi connectivity index (χ1v) is 9.06. The van der Waals surface area contributed by atoms with Crippen molar-refractivity contribution in [2.75, 3.05) is 37.6 Å². The van der Waals surface area contributed by atoms with Gasteiger partial charge in [-0.15, -0.1) is 0 Å². The van der Waals surface area contributed by atoms with E-state index < -0.39 is 0 Å². The predicted molar refractivity (Wildman–Crippen MR) is 104 cm³/mol. The summed E-state index contributed by atoms with van der Waals surface area (Å²) >= 11 is 0. The van der Waals surface area contributed by atoms with E-state index in [1.54, 1.807) is 18.3 Å². The summed E-state index contributed by atoms with van der Waals surface area (Å²) in [5.74, 6) is 0. The lowest BCUT2D eigenvalue weighted by molar-refractivity contribution is 0.243. The minimum Gasteiger partial charge on any atom is -0.368 e. The van der Waals surface area contributed by atoms with Crippen molar-refractivity contribution in [2.24, 2.45) is 0 Å². The topological polar surface area (TPSA) is 54.3 Å². The molecule has 1 aliphatic rings. The zero-order valence-corrected chi connectivity index (χ0v) is 15.0. The lowest BCUT2D eigenvalue weighted by Crippen LogP contribution is -2.47. The van der Waals surface area contributed by atoms with E-state index in [4.69, 9.17) is 0 Å². The Balaban J connectivity index is 1.43. The molecule has 6 heteroatoms. The Bertz CT molecular complexity index is 960. The highest BCUT2D eigenvalue weighted by Crippen LogP contribution is 2.27. The van der Waals surface area contributed by atoms with Crippen LogP contribution < -0.4 is 10.5 Å². The molecule has 26 heavy (non-hydrogen) atoms. The molecule has 3 aromatic rings. The monoisotopic (exact) mass is 349 g/mol. The van der Waals surface area contributed by atoms with Crippen molar-refractivity contribution >= 4 is 16.6 Å². The lowest BCUT2D eigenvalue weighted by atomic mass is 10.1. The molecule has 0 radical (unpaired) electrons. The molecule has 4 rings (SSSR count). The number of fused-ring (bicyclic) bond motifs is 1. The molecule has 0 atom stereocenters. The maximum Gasteiger partial charge on any atom is 0.266 e. The van der Waals surface area contributed by atoms with Crippen LogP contribution in [0.25, 0.3) is 10.9 Å². The lowest BCUT2D eigenvalue weighted by Gasteiger charge is -2.36. The minimum atomic E-state index is -0.0372. The van der Waals surface area contributed by atoms with Gasteiger partial charge in [-0.1, -0.05) is 18.2 Å². The highest BCUT2D eigenvalue weighted by Gasteiger charge is 2.19. The number of piperazine rings is 1. The summed E-state index contributed by atoms with van der Waals surface area (Å²) in [7, 11) is 0. The van der Waals surface area contributed by atoms with Gasteiger partial charge in [0.1, 0.15) is 0 Å². The highest BCUT2D eigenvalue weighted by molar-refractivity contribution is 5.92. The van der Waals surface area contributed by atoms with Crippen LogP contribution in [0.15, 0.2) is 53.5 Å². The van der Waals surface area contributed by atoms with Crippen molar-refractivity contribution in [3.8, 4) is 0 Å². The molecule has 0 aliphatic carbocycles. The van der Waals surface area contributed by atoms with Gasteiger partial charge in [-0.05, 0) is 25.1 Å². The highest BCUT2D eigenvalue weighted by atomic mass is 16.1. The molecule has 1 aromatic carbocycles. The Morgan fingerprint density at radius 3 is 2.62 bits per heavy atom. The summed E-state index contributed by atoms with van der Waals surface area (Å²) < 4.78 is 1.53. The molecule has 0 amide bonds. The number of aromatic nitrogens is 3. The van der Waals surface area contributed by atoms with E-state index in [2.05, 4.69) is 51.1 Å². The second kappa shape index (κ2) is 7.25. The van der Waals surface area contributed by atoms with Gasteiger partial charge < -0.3 is 4.90 Å². The van der Waals surface area contributed by atoms with Crippen LogP contribution in [0.4, 0.5) is 5.69 Å². The Hall–Kier alpha value is -2.73. The minimum absolute atomic E-state index is 0.0372. The van der Waals surface area contributed by atoms with Crippen molar-refractivity contribution in [3.05, 3.63) is 64.7 Å². The standard InChI is InChI=1S/C20H23N5O/c1-16-15-19(17-5-2-3-6-18(17)22-16)24-12-9-23(10-13-24)11-14-25-20(26)7-4-8-21-25/h2-8,15H,9-14H2,1H3. The third-order valence-electron chi connectivity index (χ3n) is 4.95. The van der Waals surface area contributed by atoms with Crippen LogP contribution >= 0.6 is 0 Å². The SMILES string of the molecule is Cc1cc(N2CCN(CCn3ncccc3=O)CC2)c2ccccc2n1. The van der Waals surface area contributed by atoms with Crippen molar-refractivity contribution in [2.45, 2.75) is 13.5 Å². The predicted octanol–water partition coefficient (Wildman–Crippen LogP) is 1.92. The molecule has 0 bridgehead atoms. The smallest absolute Gasteiger partial charge is 0.266 e. The molecule has 134 valence electrons. The first-order valence-electron chi connectivity index (χ1n) is 9.06. The summed E-state index contributed by atoms with van der Waals surface area (Å²) in [6.45, 7) is 7.46. The van der Waals surface area contributed by atoms with Gasteiger partial charge in [-0.25, -0.2) is 4.68 Å². The van der Waals surface area contributed by atoms with Gasteiger partial charge in [0.05, 0.1) is 12.1 Å². The van der Waals surface area contributed by atoms with Crippen LogP contribution in [-0.4, -0.2) is 52.4 Å². The van der Waals surface area contributed by atoms with Crippen LogP contribution in [0.1, 0.15) is 5.69 Å². The van der Waals surface area contributed by atoms with Gasteiger partial charge in [0.15, 0.2) is 0 Å². The van der Waals surface area contributed by atoms with Gasteiger partial charge in [0, 0.05) is 61.8 Å². The molecule has 1 saturated heterocycles. The second-order valence-corrected chi connectivity index (χ2v) is 6.71. The first-order chi connectivity index (χ1) is 12.7. The molecule has 1 fully saturated rings. The van der Waals surface area contributed by atoms with Gasteiger partial charge in [0.25, 0.3) is 5.56 Å². The zero-order chi connectivity index (χ0) is 17.9. The number of rotatable bonds is 4. The van der Waals surface area contributed by atoms with E-state index in [1.807, 2.05) is 6.07 Å². The van der Waals surface area contributed by atoms with Crippen LogP contribution in [0.2, 0.25) is 0 Å². The number of hydrogen-bond acceptors (Lipinski definition) is 5. The van der Waals surface area contributed by atoms with E-state index in [0.717, 1.165) is 43.9 Å². The number of benzene rings is 1. The average molecular weight is 349 g/mol. The maximum atomic E-state index is 11.8. The number of anilines is 1. The molecule has 0 saturated carbocycles. The van der Waals surface area contributed by atoms with Crippen molar-refractivity contribution in [1.29, 1.82) is 0 Å². The molecule has 2 aromatic heterocycles. The summed E-state index contributed by atoms with van der Waals surface area (Å²) in [5.41, 5.74) is 3.34. The van der Waals surface area contributed by atoms with Gasteiger partial charge >= 0.3 is 0 Å². The van der Waals surface area contributed by atoms with Gasteiger partial charge in [-0.2, -0.15) is 5.10 Å². The van der Waals surface area contributed by atoms with E-state index in [0.29, 0.717) is 6.54 Å². The molecule has 0 unspecified atom stereocenters. The normalized spacial score (nSPS) is 15.5. The largest absolute Gasteiger partial charge is 0.368 e.